The maximum atomic E-state index is 6.25. The highest BCUT2D eigenvalue weighted by atomic mass is 35.5. The van der Waals surface area contributed by atoms with Gasteiger partial charge in [0.1, 0.15) is 0 Å². The van der Waals surface area contributed by atoms with Gasteiger partial charge in [-0.2, -0.15) is 0 Å². The highest BCUT2D eigenvalue weighted by Gasteiger charge is 2.18. The third-order valence-corrected chi connectivity index (χ3v) is 6.18. The van der Waals surface area contributed by atoms with Crippen molar-refractivity contribution in [1.29, 1.82) is 0 Å². The quantitative estimate of drug-likeness (QED) is 0.380. The molecule has 3 aromatic carbocycles. The van der Waals surface area contributed by atoms with E-state index in [2.05, 4.69) is 68.4 Å². The lowest BCUT2D eigenvalue weighted by atomic mass is 9.90. The topological polar surface area (TPSA) is 0 Å². The molecule has 0 saturated heterocycles. The minimum atomic E-state index is 0.342. The second kappa shape index (κ2) is 6.31. The molecule has 0 aromatic heterocycles. The summed E-state index contributed by atoms with van der Waals surface area (Å²) in [4.78, 5) is 2.77. The van der Waals surface area contributed by atoms with Crippen molar-refractivity contribution in [3.63, 3.8) is 0 Å². The van der Waals surface area contributed by atoms with E-state index in [0.717, 1.165) is 11.4 Å². The molecule has 3 aromatic rings. The van der Waals surface area contributed by atoms with Crippen molar-refractivity contribution in [1.82, 2.24) is 0 Å². The number of fused-ring (bicyclic) bond motifs is 2. The number of halogens is 1. The first-order valence-corrected chi connectivity index (χ1v) is 9.45. The van der Waals surface area contributed by atoms with Crippen LogP contribution in [0, 0.1) is 6.92 Å². The maximum Gasteiger partial charge on any atom is 0.0411 e. The van der Waals surface area contributed by atoms with Crippen molar-refractivity contribution in [2.75, 3.05) is 0 Å². The lowest BCUT2D eigenvalue weighted by Crippen LogP contribution is -2.03. The molecule has 1 unspecified atom stereocenters. The van der Waals surface area contributed by atoms with Gasteiger partial charge in [0.2, 0.25) is 0 Å². The van der Waals surface area contributed by atoms with Gasteiger partial charge in [0.15, 0.2) is 0 Å². The van der Waals surface area contributed by atoms with Gasteiger partial charge in [0.25, 0.3) is 0 Å². The zero-order chi connectivity index (χ0) is 16.7. The van der Waals surface area contributed by atoms with Crippen LogP contribution in [0.15, 0.2) is 70.5 Å². The van der Waals surface area contributed by atoms with E-state index < -0.39 is 0 Å². The molecule has 1 atom stereocenters. The van der Waals surface area contributed by atoms with Gasteiger partial charge in [0, 0.05) is 20.7 Å². The van der Waals surface area contributed by atoms with Crippen LogP contribution in [0.3, 0.4) is 0 Å². The number of rotatable bonds is 2. The molecule has 24 heavy (non-hydrogen) atoms. The van der Waals surface area contributed by atoms with Crippen LogP contribution in [-0.4, -0.2) is 0 Å². The molecule has 1 aliphatic rings. The van der Waals surface area contributed by atoms with Crippen molar-refractivity contribution in [2.45, 2.75) is 36.0 Å². The first-order valence-electron chi connectivity index (χ1n) is 8.26. The average molecular weight is 351 g/mol. The zero-order valence-electron chi connectivity index (χ0n) is 13.8. The van der Waals surface area contributed by atoms with Gasteiger partial charge >= 0.3 is 0 Å². The third-order valence-electron chi connectivity index (χ3n) is 4.72. The standard InChI is InChI=1S/C22H19ClS/c1-14-9-18(13-20(23)10-14)15(2)16-7-8-22-19(11-16)12-17-5-3-4-6-21(17)24-22/h3-11,13,15H,12H2,1-2H3. The second-order valence-corrected chi connectivity index (χ2v) is 8.06. The summed E-state index contributed by atoms with van der Waals surface area (Å²) < 4.78 is 0. The monoisotopic (exact) mass is 350 g/mol. The van der Waals surface area contributed by atoms with E-state index >= 15 is 0 Å². The molecule has 1 aliphatic heterocycles. The molecular formula is C22H19ClS. The molecule has 0 amide bonds. The Bertz CT molecular complexity index is 893. The fourth-order valence-corrected chi connectivity index (χ4v) is 4.74. The van der Waals surface area contributed by atoms with Crippen LogP contribution in [0.5, 0.6) is 0 Å². The summed E-state index contributed by atoms with van der Waals surface area (Å²) in [5, 5.41) is 0.819. The first kappa shape index (κ1) is 15.8. The van der Waals surface area contributed by atoms with E-state index in [0.29, 0.717) is 5.92 Å². The van der Waals surface area contributed by atoms with E-state index in [9.17, 15) is 0 Å². The molecule has 0 fully saturated rings. The van der Waals surface area contributed by atoms with Crippen LogP contribution >= 0.6 is 23.4 Å². The van der Waals surface area contributed by atoms with Crippen molar-refractivity contribution in [2.24, 2.45) is 0 Å². The van der Waals surface area contributed by atoms with E-state index in [4.69, 9.17) is 11.6 Å². The summed E-state index contributed by atoms with van der Waals surface area (Å²) in [7, 11) is 0. The fourth-order valence-electron chi connectivity index (χ4n) is 3.39. The van der Waals surface area contributed by atoms with Crippen LogP contribution in [-0.2, 0) is 6.42 Å². The zero-order valence-corrected chi connectivity index (χ0v) is 15.4. The molecule has 0 bridgehead atoms. The molecule has 0 aliphatic carbocycles. The summed E-state index contributed by atoms with van der Waals surface area (Å²) >= 11 is 8.13. The Morgan fingerprint density at radius 3 is 2.50 bits per heavy atom. The fraction of sp³-hybridized carbons (Fsp3) is 0.182. The highest BCUT2D eigenvalue weighted by molar-refractivity contribution is 7.99. The van der Waals surface area contributed by atoms with Gasteiger partial charge in [-0.15, -0.1) is 0 Å². The van der Waals surface area contributed by atoms with Gasteiger partial charge in [-0.25, -0.2) is 0 Å². The minimum Gasteiger partial charge on any atom is -0.0895 e. The van der Waals surface area contributed by atoms with E-state index in [1.165, 1.54) is 37.6 Å². The minimum absolute atomic E-state index is 0.342. The molecule has 1 heterocycles. The molecule has 0 nitrogen and oxygen atoms in total. The van der Waals surface area contributed by atoms with Crippen LogP contribution < -0.4 is 0 Å². The van der Waals surface area contributed by atoms with Crippen molar-refractivity contribution >= 4 is 23.4 Å². The lowest BCUT2D eigenvalue weighted by molar-refractivity contribution is 0.907. The predicted molar refractivity (Wildman–Crippen MR) is 104 cm³/mol. The van der Waals surface area contributed by atoms with Crippen LogP contribution in [0.4, 0.5) is 0 Å². The Labute approximate surface area is 152 Å². The van der Waals surface area contributed by atoms with Crippen LogP contribution in [0.25, 0.3) is 0 Å². The number of aryl methyl sites for hydroxylation is 1. The Balaban J connectivity index is 1.69. The molecular weight excluding hydrogens is 332 g/mol. The third kappa shape index (κ3) is 2.99. The van der Waals surface area contributed by atoms with E-state index in [1.54, 1.807) is 0 Å². The average Bonchev–Trinajstić information content (AvgIpc) is 2.58. The van der Waals surface area contributed by atoms with Crippen LogP contribution in [0.2, 0.25) is 5.02 Å². The van der Waals surface area contributed by atoms with Crippen molar-refractivity contribution < 1.29 is 0 Å². The van der Waals surface area contributed by atoms with Gasteiger partial charge in [-0.3, -0.25) is 0 Å². The highest BCUT2D eigenvalue weighted by Crippen LogP contribution is 2.41. The van der Waals surface area contributed by atoms with Crippen LogP contribution in [0.1, 0.15) is 40.7 Å². The molecule has 0 spiro atoms. The number of hydrogen-bond donors (Lipinski definition) is 0. The molecule has 4 rings (SSSR count). The predicted octanol–water partition coefficient (Wildman–Crippen LogP) is 6.86. The van der Waals surface area contributed by atoms with Gasteiger partial charge in [-0.05, 0) is 65.4 Å². The van der Waals surface area contributed by atoms with E-state index in [-0.39, 0.29) is 0 Å². The summed E-state index contributed by atoms with van der Waals surface area (Å²) in [6, 6.07) is 22.0. The molecule has 0 radical (unpaired) electrons. The maximum absolute atomic E-state index is 6.25. The lowest BCUT2D eigenvalue weighted by Gasteiger charge is -2.21. The largest absolute Gasteiger partial charge is 0.0895 e. The first-order chi connectivity index (χ1) is 11.6. The van der Waals surface area contributed by atoms with Crippen molar-refractivity contribution in [3.8, 4) is 0 Å². The molecule has 0 saturated carbocycles. The van der Waals surface area contributed by atoms with Gasteiger partial charge in [-0.1, -0.05) is 66.7 Å². The van der Waals surface area contributed by atoms with E-state index in [1.807, 2.05) is 17.8 Å². The van der Waals surface area contributed by atoms with Crippen molar-refractivity contribution in [3.05, 3.63) is 93.5 Å². The normalized spacial score (nSPS) is 14.0. The van der Waals surface area contributed by atoms with Gasteiger partial charge < -0.3 is 0 Å². The number of hydrogen-bond acceptors (Lipinski definition) is 1. The Kier molecular flexibility index (Phi) is 4.15. The number of benzene rings is 3. The Morgan fingerprint density at radius 2 is 1.67 bits per heavy atom. The SMILES string of the molecule is Cc1cc(Cl)cc(C(C)c2ccc3c(c2)Cc2ccccc2S3)c1. The Hall–Kier alpha value is -1.70. The summed E-state index contributed by atoms with van der Waals surface area (Å²) in [5.41, 5.74) is 6.71. The second-order valence-electron chi connectivity index (χ2n) is 6.54. The summed E-state index contributed by atoms with van der Waals surface area (Å²) in [5.74, 6) is 0.342. The smallest absolute Gasteiger partial charge is 0.0411 e. The summed E-state index contributed by atoms with van der Waals surface area (Å²) in [6.45, 7) is 4.36. The van der Waals surface area contributed by atoms with Gasteiger partial charge in [0.05, 0.1) is 0 Å². The molecule has 2 heteroatoms. The Morgan fingerprint density at radius 1 is 0.875 bits per heavy atom. The molecule has 120 valence electrons. The summed E-state index contributed by atoms with van der Waals surface area (Å²) in [6.07, 6.45) is 1.02. The molecule has 0 N–H and O–H groups in total.